The van der Waals surface area contributed by atoms with Gasteiger partial charge in [-0.05, 0) is 6.07 Å². The van der Waals surface area contributed by atoms with Gasteiger partial charge >= 0.3 is 6.61 Å². The molecule has 0 fully saturated rings. The van der Waals surface area contributed by atoms with E-state index in [0.29, 0.717) is 0 Å². The number of hydrogen-bond acceptors (Lipinski definition) is 2. The number of halogens is 4. The van der Waals surface area contributed by atoms with Crippen molar-refractivity contribution in [2.45, 2.75) is 6.61 Å². The highest BCUT2D eigenvalue weighted by atomic mass is 35.5. The van der Waals surface area contributed by atoms with E-state index < -0.39 is 18.1 Å². The lowest BCUT2D eigenvalue weighted by molar-refractivity contribution is -0.0512. The lowest BCUT2D eigenvalue weighted by Gasteiger charge is -2.07. The van der Waals surface area contributed by atoms with Crippen LogP contribution in [0.15, 0.2) is 12.1 Å². The highest BCUT2D eigenvalue weighted by Gasteiger charge is 2.12. The van der Waals surface area contributed by atoms with Crippen LogP contribution in [-0.2, 0) is 0 Å². The predicted octanol–water partition coefficient (Wildman–Crippen LogP) is 3.30. The molecule has 13 heavy (non-hydrogen) atoms. The monoisotopic (exact) mass is 228 g/mol. The van der Waals surface area contributed by atoms with Gasteiger partial charge in [0.15, 0.2) is 11.5 Å². The fraction of sp³-hybridized carbons (Fsp3) is 0.143. The van der Waals surface area contributed by atoms with Gasteiger partial charge in [0.1, 0.15) is 0 Å². The van der Waals surface area contributed by atoms with E-state index in [1.165, 1.54) is 6.07 Å². The Morgan fingerprint density at radius 1 is 1.31 bits per heavy atom. The largest absolute Gasteiger partial charge is 0.503 e. The van der Waals surface area contributed by atoms with Gasteiger partial charge in [-0.25, -0.2) is 0 Å². The standard InChI is InChI=1S/C7H4Cl2F2O2/c8-3-1-4(9)6(12)5(2-3)13-7(10)11/h1-2,7,12H. The molecule has 0 heterocycles. The molecule has 1 aromatic rings. The van der Waals surface area contributed by atoms with Gasteiger partial charge in [0.25, 0.3) is 0 Å². The molecule has 0 aliphatic heterocycles. The minimum absolute atomic E-state index is 0.110. The van der Waals surface area contributed by atoms with Gasteiger partial charge < -0.3 is 9.84 Å². The zero-order chi connectivity index (χ0) is 10.0. The molecule has 0 bridgehead atoms. The van der Waals surface area contributed by atoms with E-state index in [1.54, 1.807) is 0 Å². The van der Waals surface area contributed by atoms with Crippen LogP contribution in [0.4, 0.5) is 8.78 Å². The maximum atomic E-state index is 11.7. The first-order valence-corrected chi connectivity index (χ1v) is 3.89. The van der Waals surface area contributed by atoms with Crippen LogP contribution in [0.1, 0.15) is 0 Å². The molecule has 2 nitrogen and oxygen atoms in total. The third kappa shape index (κ3) is 2.60. The van der Waals surface area contributed by atoms with Crippen LogP contribution in [-0.4, -0.2) is 11.7 Å². The van der Waals surface area contributed by atoms with Gasteiger partial charge in [-0.1, -0.05) is 23.2 Å². The molecule has 1 rings (SSSR count). The van der Waals surface area contributed by atoms with Crippen LogP contribution in [0.5, 0.6) is 11.5 Å². The molecule has 0 saturated heterocycles. The van der Waals surface area contributed by atoms with E-state index in [-0.39, 0.29) is 10.0 Å². The fourth-order valence-electron chi connectivity index (χ4n) is 0.728. The van der Waals surface area contributed by atoms with Crippen LogP contribution in [0, 0.1) is 0 Å². The zero-order valence-electron chi connectivity index (χ0n) is 6.10. The van der Waals surface area contributed by atoms with E-state index in [2.05, 4.69) is 4.74 Å². The SMILES string of the molecule is Oc1c(Cl)cc(Cl)cc1OC(F)F. The molecule has 1 aromatic carbocycles. The quantitative estimate of drug-likeness (QED) is 0.842. The average molecular weight is 229 g/mol. The van der Waals surface area contributed by atoms with Gasteiger partial charge in [-0.3, -0.25) is 0 Å². The van der Waals surface area contributed by atoms with Gasteiger partial charge in [-0.15, -0.1) is 0 Å². The summed E-state index contributed by atoms with van der Waals surface area (Å²) in [5.74, 6) is -0.987. The number of ether oxygens (including phenoxy) is 1. The molecule has 0 spiro atoms. The highest BCUT2D eigenvalue weighted by molar-refractivity contribution is 6.35. The van der Waals surface area contributed by atoms with Crippen LogP contribution < -0.4 is 4.74 Å². The summed E-state index contributed by atoms with van der Waals surface area (Å²) in [4.78, 5) is 0. The van der Waals surface area contributed by atoms with Crippen molar-refractivity contribution >= 4 is 23.2 Å². The normalized spacial score (nSPS) is 10.5. The van der Waals surface area contributed by atoms with Crippen LogP contribution in [0.3, 0.4) is 0 Å². The van der Waals surface area contributed by atoms with E-state index in [9.17, 15) is 8.78 Å². The first-order valence-electron chi connectivity index (χ1n) is 3.13. The third-order valence-electron chi connectivity index (χ3n) is 1.21. The van der Waals surface area contributed by atoms with Crippen molar-refractivity contribution in [2.75, 3.05) is 0 Å². The van der Waals surface area contributed by atoms with Gasteiger partial charge in [0.2, 0.25) is 0 Å². The Kier molecular flexibility index (Phi) is 3.17. The topological polar surface area (TPSA) is 29.5 Å². The van der Waals surface area contributed by atoms with Crippen LogP contribution in [0.25, 0.3) is 0 Å². The van der Waals surface area contributed by atoms with Crippen LogP contribution >= 0.6 is 23.2 Å². The third-order valence-corrected chi connectivity index (χ3v) is 1.72. The molecule has 0 saturated carbocycles. The lowest BCUT2D eigenvalue weighted by atomic mass is 10.3. The number of hydrogen-bond donors (Lipinski definition) is 1. The van der Waals surface area contributed by atoms with Crippen molar-refractivity contribution in [3.05, 3.63) is 22.2 Å². The summed E-state index contributed by atoms with van der Waals surface area (Å²) in [5, 5.41) is 9.10. The number of alkyl halides is 2. The second kappa shape index (κ2) is 3.98. The second-order valence-electron chi connectivity index (χ2n) is 2.11. The first-order chi connectivity index (χ1) is 6.00. The number of phenols is 1. The Morgan fingerprint density at radius 2 is 1.92 bits per heavy atom. The Labute approximate surface area is 82.6 Å². The summed E-state index contributed by atoms with van der Waals surface area (Å²) in [6, 6.07) is 2.27. The molecular weight excluding hydrogens is 225 g/mol. The van der Waals surface area contributed by atoms with Crippen LogP contribution in [0.2, 0.25) is 10.0 Å². The van der Waals surface area contributed by atoms with Crippen molar-refractivity contribution in [1.82, 2.24) is 0 Å². The molecule has 0 atom stereocenters. The summed E-state index contributed by atoms with van der Waals surface area (Å²) < 4.78 is 27.4. The summed E-state index contributed by atoms with van der Waals surface area (Å²) in [6.07, 6.45) is 0. The molecule has 0 aliphatic carbocycles. The van der Waals surface area contributed by atoms with E-state index in [1.807, 2.05) is 0 Å². The minimum Gasteiger partial charge on any atom is -0.503 e. The second-order valence-corrected chi connectivity index (χ2v) is 2.96. The lowest BCUT2D eigenvalue weighted by Crippen LogP contribution is -2.02. The maximum absolute atomic E-state index is 11.7. The molecule has 0 radical (unpaired) electrons. The van der Waals surface area contributed by atoms with Gasteiger partial charge in [-0.2, -0.15) is 8.78 Å². The maximum Gasteiger partial charge on any atom is 0.387 e. The average Bonchev–Trinajstić information content (AvgIpc) is 1.98. The minimum atomic E-state index is -3.03. The fourth-order valence-corrected chi connectivity index (χ4v) is 1.20. The van der Waals surface area contributed by atoms with Crippen molar-refractivity contribution in [2.24, 2.45) is 0 Å². The van der Waals surface area contributed by atoms with Crippen molar-refractivity contribution < 1.29 is 18.6 Å². The van der Waals surface area contributed by atoms with Gasteiger partial charge in [0, 0.05) is 11.1 Å². The van der Waals surface area contributed by atoms with E-state index in [0.717, 1.165) is 6.07 Å². The molecule has 0 amide bonds. The number of benzene rings is 1. The highest BCUT2D eigenvalue weighted by Crippen LogP contribution is 2.37. The Bertz CT molecular complexity index is 318. The number of phenolic OH excluding ortho intramolecular Hbond substituents is 1. The van der Waals surface area contributed by atoms with Crippen molar-refractivity contribution in [3.8, 4) is 11.5 Å². The predicted molar refractivity (Wildman–Crippen MR) is 44.8 cm³/mol. The molecule has 72 valence electrons. The summed E-state index contributed by atoms with van der Waals surface area (Å²) in [7, 11) is 0. The van der Waals surface area contributed by atoms with Crippen molar-refractivity contribution in [3.63, 3.8) is 0 Å². The summed E-state index contributed by atoms with van der Waals surface area (Å²) in [6.45, 7) is -3.03. The first kappa shape index (κ1) is 10.3. The zero-order valence-corrected chi connectivity index (χ0v) is 7.61. The van der Waals surface area contributed by atoms with E-state index in [4.69, 9.17) is 28.3 Å². The Hall–Kier alpha value is -0.740. The van der Waals surface area contributed by atoms with Gasteiger partial charge in [0.05, 0.1) is 5.02 Å². The molecule has 0 aromatic heterocycles. The number of aromatic hydroxyl groups is 1. The summed E-state index contributed by atoms with van der Waals surface area (Å²) >= 11 is 10.9. The van der Waals surface area contributed by atoms with E-state index >= 15 is 0 Å². The summed E-state index contributed by atoms with van der Waals surface area (Å²) in [5.41, 5.74) is 0. The molecule has 0 unspecified atom stereocenters. The molecule has 1 N–H and O–H groups in total. The Morgan fingerprint density at radius 3 is 2.46 bits per heavy atom. The molecular formula is C7H4Cl2F2O2. The Balaban J connectivity index is 3.05. The molecule has 6 heteroatoms. The number of rotatable bonds is 2. The van der Waals surface area contributed by atoms with Crippen molar-refractivity contribution in [1.29, 1.82) is 0 Å². The smallest absolute Gasteiger partial charge is 0.387 e. The molecule has 0 aliphatic rings.